The number of carbonyl (C=O) groups is 3. The second-order valence-electron chi connectivity index (χ2n) is 8.77. The highest BCUT2D eigenvalue weighted by atomic mass is 16.6. The van der Waals surface area contributed by atoms with E-state index in [0.717, 1.165) is 0 Å². The molecule has 1 aromatic carbocycles. The second-order valence-corrected chi connectivity index (χ2v) is 8.77. The van der Waals surface area contributed by atoms with Crippen LogP contribution in [0.2, 0.25) is 0 Å². The van der Waals surface area contributed by atoms with Gasteiger partial charge in [-0.3, -0.25) is 14.6 Å². The molecular formula is C22H29N3O6. The van der Waals surface area contributed by atoms with E-state index in [2.05, 4.69) is 10.4 Å². The summed E-state index contributed by atoms with van der Waals surface area (Å²) in [7, 11) is 1.30. The van der Waals surface area contributed by atoms with E-state index in [9.17, 15) is 14.4 Å². The van der Waals surface area contributed by atoms with E-state index in [1.54, 1.807) is 20.8 Å². The molecule has 1 aromatic rings. The molecule has 2 aliphatic heterocycles. The van der Waals surface area contributed by atoms with E-state index >= 15 is 0 Å². The maximum Gasteiger partial charge on any atom is 0.331 e. The third-order valence-electron chi connectivity index (χ3n) is 5.06. The number of esters is 2. The van der Waals surface area contributed by atoms with E-state index in [4.69, 9.17) is 14.2 Å². The maximum atomic E-state index is 13.1. The molecule has 2 aliphatic rings. The average molecular weight is 431 g/mol. The minimum Gasteiger partial charge on any atom is -0.469 e. The Morgan fingerprint density at radius 3 is 2.55 bits per heavy atom. The lowest BCUT2D eigenvalue weighted by atomic mass is 9.93. The van der Waals surface area contributed by atoms with Crippen molar-refractivity contribution >= 4 is 29.2 Å². The summed E-state index contributed by atoms with van der Waals surface area (Å²) < 4.78 is 15.8. The van der Waals surface area contributed by atoms with Gasteiger partial charge in [-0.1, -0.05) is 18.2 Å². The molecule has 0 aromatic heterocycles. The molecular weight excluding hydrogens is 402 g/mol. The molecule has 31 heavy (non-hydrogen) atoms. The van der Waals surface area contributed by atoms with Crippen LogP contribution in [0.3, 0.4) is 0 Å². The van der Waals surface area contributed by atoms with Gasteiger partial charge in [0.1, 0.15) is 11.3 Å². The highest BCUT2D eigenvalue weighted by Crippen LogP contribution is 2.28. The highest BCUT2D eigenvalue weighted by Gasteiger charge is 2.43. The lowest BCUT2D eigenvalue weighted by Gasteiger charge is -2.27. The fourth-order valence-electron chi connectivity index (χ4n) is 3.57. The van der Waals surface area contributed by atoms with Gasteiger partial charge in [-0.05, 0) is 39.3 Å². The van der Waals surface area contributed by atoms with E-state index in [0.29, 0.717) is 18.7 Å². The predicted octanol–water partition coefficient (Wildman–Crippen LogP) is 1.80. The molecule has 168 valence electrons. The van der Waals surface area contributed by atoms with E-state index < -0.39 is 35.0 Å². The molecule has 1 fully saturated rings. The van der Waals surface area contributed by atoms with Crippen LogP contribution >= 0.6 is 0 Å². The van der Waals surface area contributed by atoms with Crippen LogP contribution in [0.5, 0.6) is 0 Å². The summed E-state index contributed by atoms with van der Waals surface area (Å²) in [5.41, 5.74) is -0.657. The van der Waals surface area contributed by atoms with Gasteiger partial charge in [0.05, 0.1) is 31.4 Å². The van der Waals surface area contributed by atoms with Gasteiger partial charge in [-0.15, -0.1) is 0 Å². The number of ether oxygens (including phenoxy) is 3. The number of hydrazone groups is 1. The van der Waals surface area contributed by atoms with Crippen LogP contribution in [0.25, 0.3) is 0 Å². The van der Waals surface area contributed by atoms with Crippen molar-refractivity contribution in [2.24, 2.45) is 5.10 Å². The van der Waals surface area contributed by atoms with E-state index in [1.807, 2.05) is 30.3 Å². The summed E-state index contributed by atoms with van der Waals surface area (Å²) in [6.07, 6.45) is 0.574. The Hall–Kier alpha value is -2.94. The van der Waals surface area contributed by atoms with Crippen molar-refractivity contribution in [3.63, 3.8) is 0 Å². The quantitative estimate of drug-likeness (QED) is 0.685. The molecule has 0 spiro atoms. The van der Waals surface area contributed by atoms with Gasteiger partial charge in [0, 0.05) is 13.0 Å². The largest absolute Gasteiger partial charge is 0.469 e. The monoisotopic (exact) mass is 431 g/mol. The zero-order valence-electron chi connectivity index (χ0n) is 18.3. The van der Waals surface area contributed by atoms with E-state index in [-0.39, 0.29) is 25.2 Å². The van der Waals surface area contributed by atoms with Crippen LogP contribution in [0.1, 0.15) is 40.0 Å². The van der Waals surface area contributed by atoms with Crippen LogP contribution in [-0.2, 0) is 28.6 Å². The summed E-state index contributed by atoms with van der Waals surface area (Å²) in [4.78, 5) is 37.8. The summed E-state index contributed by atoms with van der Waals surface area (Å²) in [5.74, 6) is -1.34. The Kier molecular flexibility index (Phi) is 6.64. The first kappa shape index (κ1) is 22.7. The Balaban J connectivity index is 1.82. The van der Waals surface area contributed by atoms with Gasteiger partial charge in [0.25, 0.3) is 5.91 Å². The van der Waals surface area contributed by atoms with Gasteiger partial charge in [0.15, 0.2) is 6.04 Å². The number of rotatable bonds is 6. The molecule has 3 rings (SSSR count). The number of nitrogens with zero attached hydrogens (tertiary/aromatic N) is 2. The molecule has 0 radical (unpaired) electrons. The molecule has 9 nitrogen and oxygen atoms in total. The van der Waals surface area contributed by atoms with Gasteiger partial charge >= 0.3 is 11.9 Å². The number of para-hydroxylation sites is 1. The Bertz CT molecular complexity index is 856. The maximum absolute atomic E-state index is 13.1. The number of benzene rings is 1. The van der Waals surface area contributed by atoms with Crippen LogP contribution in [0, 0.1) is 0 Å². The van der Waals surface area contributed by atoms with Gasteiger partial charge < -0.3 is 19.5 Å². The Morgan fingerprint density at radius 1 is 1.26 bits per heavy atom. The lowest BCUT2D eigenvalue weighted by molar-refractivity contribution is -0.156. The van der Waals surface area contributed by atoms with Gasteiger partial charge in [-0.2, -0.15) is 5.10 Å². The van der Waals surface area contributed by atoms with Gasteiger partial charge in [-0.25, -0.2) is 4.79 Å². The molecule has 0 unspecified atom stereocenters. The van der Waals surface area contributed by atoms with Crippen LogP contribution in [-0.4, -0.2) is 61.1 Å². The zero-order chi connectivity index (χ0) is 22.6. The fraction of sp³-hybridized carbons (Fsp3) is 0.545. The number of nitrogens with one attached hydrogen (secondary N) is 1. The van der Waals surface area contributed by atoms with Crippen LogP contribution in [0.4, 0.5) is 5.69 Å². The number of amides is 1. The topological polar surface area (TPSA) is 107 Å². The Labute approximate surface area is 181 Å². The molecule has 9 heteroatoms. The molecule has 2 atom stereocenters. The third-order valence-corrected chi connectivity index (χ3v) is 5.06. The van der Waals surface area contributed by atoms with Crippen molar-refractivity contribution in [2.75, 3.05) is 25.3 Å². The summed E-state index contributed by atoms with van der Waals surface area (Å²) in [6, 6.07) is 8.37. The molecule has 1 saturated heterocycles. The molecule has 1 amide bonds. The molecule has 1 N–H and O–H groups in total. The van der Waals surface area contributed by atoms with Crippen molar-refractivity contribution in [1.29, 1.82) is 0 Å². The fourth-order valence-corrected chi connectivity index (χ4v) is 3.57. The third kappa shape index (κ3) is 5.61. The Morgan fingerprint density at radius 2 is 1.97 bits per heavy atom. The average Bonchev–Trinajstić information content (AvgIpc) is 3.35. The van der Waals surface area contributed by atoms with Crippen molar-refractivity contribution in [2.45, 2.75) is 57.2 Å². The standard InChI is InChI=1S/C22H29N3O6/c1-21(2,3)31-20(28)17-12-16(24-25(17)15-8-6-5-7-9-15)19(27)23-22(10-11-30-14-22)13-18(26)29-4/h5-9,17H,10-14H2,1-4H3,(H,23,27)/t17-,22+/m1/s1. The van der Waals surface area contributed by atoms with Crippen LogP contribution < -0.4 is 10.3 Å². The summed E-state index contributed by atoms with van der Waals surface area (Å²) in [5, 5.41) is 8.86. The second kappa shape index (κ2) is 9.05. The molecule has 0 aliphatic carbocycles. The minimum absolute atomic E-state index is 0.000411. The van der Waals surface area contributed by atoms with Crippen molar-refractivity contribution in [3.05, 3.63) is 30.3 Å². The van der Waals surface area contributed by atoms with Crippen molar-refractivity contribution in [1.82, 2.24) is 5.32 Å². The van der Waals surface area contributed by atoms with Crippen molar-refractivity contribution in [3.8, 4) is 0 Å². The van der Waals surface area contributed by atoms with Crippen molar-refractivity contribution < 1.29 is 28.6 Å². The first-order chi connectivity index (χ1) is 14.6. The molecule has 0 saturated carbocycles. The smallest absolute Gasteiger partial charge is 0.331 e. The zero-order valence-corrected chi connectivity index (χ0v) is 18.3. The number of anilines is 1. The number of hydrogen-bond acceptors (Lipinski definition) is 8. The number of carbonyl (C=O) groups excluding carboxylic acids is 3. The molecule has 0 bridgehead atoms. The number of methoxy groups -OCH3 is 1. The summed E-state index contributed by atoms with van der Waals surface area (Å²) in [6.45, 7) is 6.01. The number of hydrogen-bond donors (Lipinski definition) is 1. The van der Waals surface area contributed by atoms with E-state index in [1.165, 1.54) is 12.1 Å². The normalized spacial score (nSPS) is 23.3. The van der Waals surface area contributed by atoms with Crippen LogP contribution in [0.15, 0.2) is 35.4 Å². The first-order valence-corrected chi connectivity index (χ1v) is 10.2. The predicted molar refractivity (Wildman–Crippen MR) is 114 cm³/mol. The first-order valence-electron chi connectivity index (χ1n) is 10.2. The highest BCUT2D eigenvalue weighted by molar-refractivity contribution is 6.40. The SMILES string of the molecule is COC(=O)C[C@@]1(NC(=O)C2=NN(c3ccccc3)[C@@H](C(=O)OC(C)(C)C)C2)CCOC1. The summed E-state index contributed by atoms with van der Waals surface area (Å²) >= 11 is 0. The van der Waals surface area contributed by atoms with Gasteiger partial charge in [0.2, 0.25) is 0 Å². The lowest BCUT2D eigenvalue weighted by Crippen LogP contribution is -2.52. The molecule has 2 heterocycles. The minimum atomic E-state index is -0.853.